The molecule has 7 heteroatoms. The zero-order valence-electron chi connectivity index (χ0n) is 11.4. The van der Waals surface area contributed by atoms with E-state index in [1.54, 1.807) is 0 Å². The molecule has 1 unspecified atom stereocenters. The van der Waals surface area contributed by atoms with Crippen molar-refractivity contribution in [1.29, 1.82) is 5.26 Å². The molecule has 0 saturated heterocycles. The molecule has 2 aromatic rings. The van der Waals surface area contributed by atoms with E-state index in [9.17, 15) is 10.1 Å². The van der Waals surface area contributed by atoms with Crippen molar-refractivity contribution >= 4 is 33.7 Å². The number of carbonyl (C=O) groups is 1. The summed E-state index contributed by atoms with van der Waals surface area (Å²) in [6.07, 6.45) is 2.32. The van der Waals surface area contributed by atoms with Gasteiger partial charge in [-0.2, -0.15) is 16.6 Å². The van der Waals surface area contributed by atoms with Crippen molar-refractivity contribution in [3.63, 3.8) is 0 Å². The molecule has 2 aromatic heterocycles. The zero-order valence-corrected chi connectivity index (χ0v) is 13.1. The molecular weight excluding hydrogens is 304 g/mol. The van der Waals surface area contributed by atoms with Gasteiger partial charge in [-0.15, -0.1) is 0 Å². The Labute approximate surface area is 130 Å². The van der Waals surface area contributed by atoms with Crippen molar-refractivity contribution in [2.75, 3.05) is 5.32 Å². The first-order chi connectivity index (χ1) is 10.2. The van der Waals surface area contributed by atoms with Crippen molar-refractivity contribution < 1.29 is 4.79 Å². The fourth-order valence-corrected chi connectivity index (χ4v) is 3.53. The molecule has 0 aromatic carbocycles. The van der Waals surface area contributed by atoms with Crippen LogP contribution in [0.3, 0.4) is 0 Å². The second-order valence-corrected chi connectivity index (χ2v) is 6.72. The van der Waals surface area contributed by atoms with Crippen LogP contribution in [0.1, 0.15) is 39.8 Å². The Kier molecular flexibility index (Phi) is 3.90. The van der Waals surface area contributed by atoms with E-state index in [2.05, 4.69) is 21.7 Å². The Bertz CT molecular complexity index is 682. The highest BCUT2D eigenvalue weighted by molar-refractivity contribution is 7.17. The SMILES string of the molecule is Cc1nc(NC2CC2)sc1C(=O)NC(C#N)c1ccsc1. The normalized spacial score (nSPS) is 15.2. The summed E-state index contributed by atoms with van der Waals surface area (Å²) < 4.78 is 0. The van der Waals surface area contributed by atoms with Gasteiger partial charge in [0.1, 0.15) is 10.9 Å². The molecule has 1 saturated carbocycles. The summed E-state index contributed by atoms with van der Waals surface area (Å²) in [6.45, 7) is 1.81. The maximum Gasteiger partial charge on any atom is 0.264 e. The van der Waals surface area contributed by atoms with Crippen LogP contribution >= 0.6 is 22.7 Å². The number of aryl methyl sites for hydroxylation is 1. The number of nitrogens with one attached hydrogen (secondary N) is 2. The zero-order chi connectivity index (χ0) is 14.8. The predicted octanol–water partition coefficient (Wildman–Crippen LogP) is 3.08. The molecule has 1 aliphatic carbocycles. The molecule has 0 spiro atoms. The van der Waals surface area contributed by atoms with Crippen molar-refractivity contribution in [3.05, 3.63) is 33.0 Å². The van der Waals surface area contributed by atoms with Crippen LogP contribution in [0, 0.1) is 18.3 Å². The number of nitrogens with zero attached hydrogens (tertiary/aromatic N) is 2. The number of thiophene rings is 1. The maximum atomic E-state index is 12.3. The highest BCUT2D eigenvalue weighted by Crippen LogP contribution is 2.29. The topological polar surface area (TPSA) is 77.8 Å². The number of anilines is 1. The van der Waals surface area contributed by atoms with Gasteiger partial charge in [0.05, 0.1) is 11.8 Å². The number of rotatable bonds is 5. The Morgan fingerprint density at radius 2 is 2.38 bits per heavy atom. The Balaban J connectivity index is 1.72. The number of thiazole rings is 1. The van der Waals surface area contributed by atoms with Gasteiger partial charge in [0.15, 0.2) is 5.13 Å². The van der Waals surface area contributed by atoms with Gasteiger partial charge in [-0.05, 0) is 42.2 Å². The van der Waals surface area contributed by atoms with E-state index in [1.165, 1.54) is 22.7 Å². The molecule has 0 aliphatic heterocycles. The largest absolute Gasteiger partial charge is 0.359 e. The number of carbonyl (C=O) groups excluding carboxylic acids is 1. The van der Waals surface area contributed by atoms with Gasteiger partial charge in [0.25, 0.3) is 5.91 Å². The monoisotopic (exact) mass is 318 g/mol. The fraction of sp³-hybridized carbons (Fsp3) is 0.357. The van der Waals surface area contributed by atoms with Crippen molar-refractivity contribution in [2.45, 2.75) is 31.8 Å². The summed E-state index contributed by atoms with van der Waals surface area (Å²) in [5.41, 5.74) is 1.51. The molecule has 0 radical (unpaired) electrons. The second kappa shape index (κ2) is 5.84. The Morgan fingerprint density at radius 3 is 3.00 bits per heavy atom. The van der Waals surface area contributed by atoms with Gasteiger partial charge in [0, 0.05) is 6.04 Å². The predicted molar refractivity (Wildman–Crippen MR) is 83.6 cm³/mol. The van der Waals surface area contributed by atoms with Crippen LogP contribution in [-0.2, 0) is 0 Å². The van der Waals surface area contributed by atoms with Crippen LogP contribution in [0.15, 0.2) is 16.8 Å². The van der Waals surface area contributed by atoms with Gasteiger partial charge in [-0.25, -0.2) is 4.98 Å². The Hall–Kier alpha value is -1.91. The number of aromatic nitrogens is 1. The van der Waals surface area contributed by atoms with E-state index in [1.807, 2.05) is 23.8 Å². The van der Waals surface area contributed by atoms with Crippen LogP contribution in [0.5, 0.6) is 0 Å². The molecule has 5 nitrogen and oxygen atoms in total. The number of hydrogen-bond donors (Lipinski definition) is 2. The molecule has 108 valence electrons. The van der Waals surface area contributed by atoms with Gasteiger partial charge in [-0.3, -0.25) is 4.79 Å². The lowest BCUT2D eigenvalue weighted by atomic mass is 10.2. The molecular formula is C14H14N4OS2. The summed E-state index contributed by atoms with van der Waals surface area (Å²) in [4.78, 5) is 17.3. The lowest BCUT2D eigenvalue weighted by Crippen LogP contribution is -2.27. The van der Waals surface area contributed by atoms with Crippen LogP contribution in [0.4, 0.5) is 5.13 Å². The standard InChI is InChI=1S/C14H14N4OS2/c1-8-12(21-14(16-8)17-10-2-3-10)13(19)18-11(6-15)9-4-5-20-7-9/h4-5,7,10-11H,2-3H2,1H3,(H,16,17)(H,18,19). The third kappa shape index (κ3) is 3.23. The molecule has 2 N–H and O–H groups in total. The quantitative estimate of drug-likeness (QED) is 0.888. The van der Waals surface area contributed by atoms with Crippen LogP contribution in [0.25, 0.3) is 0 Å². The second-order valence-electron chi connectivity index (χ2n) is 4.94. The third-order valence-electron chi connectivity index (χ3n) is 3.19. The third-order valence-corrected chi connectivity index (χ3v) is 4.98. The van der Waals surface area contributed by atoms with Crippen molar-refractivity contribution in [2.24, 2.45) is 0 Å². The van der Waals surface area contributed by atoms with Crippen molar-refractivity contribution in [1.82, 2.24) is 10.3 Å². The lowest BCUT2D eigenvalue weighted by Gasteiger charge is -2.09. The molecule has 1 fully saturated rings. The maximum absolute atomic E-state index is 12.3. The van der Waals surface area contributed by atoms with Crippen LogP contribution in [0.2, 0.25) is 0 Å². The van der Waals surface area contributed by atoms with E-state index in [0.29, 0.717) is 16.6 Å². The molecule has 2 heterocycles. The highest BCUT2D eigenvalue weighted by Gasteiger charge is 2.24. The summed E-state index contributed by atoms with van der Waals surface area (Å²) in [5, 5.41) is 19.8. The minimum absolute atomic E-state index is 0.244. The van der Waals surface area contributed by atoms with Gasteiger partial charge in [-0.1, -0.05) is 11.3 Å². The smallest absolute Gasteiger partial charge is 0.264 e. The highest BCUT2D eigenvalue weighted by atomic mass is 32.1. The number of amides is 1. The average molecular weight is 318 g/mol. The summed E-state index contributed by atoms with van der Waals surface area (Å²) in [7, 11) is 0. The Morgan fingerprint density at radius 1 is 1.57 bits per heavy atom. The molecule has 1 atom stereocenters. The minimum atomic E-state index is -0.620. The summed E-state index contributed by atoms with van der Waals surface area (Å²) in [5.74, 6) is -0.244. The van der Waals surface area contributed by atoms with E-state index >= 15 is 0 Å². The molecule has 21 heavy (non-hydrogen) atoms. The first-order valence-corrected chi connectivity index (χ1v) is 8.40. The van der Waals surface area contributed by atoms with Gasteiger partial charge >= 0.3 is 0 Å². The minimum Gasteiger partial charge on any atom is -0.359 e. The molecule has 1 amide bonds. The number of nitriles is 1. The fourth-order valence-electron chi connectivity index (χ4n) is 1.90. The first-order valence-electron chi connectivity index (χ1n) is 6.64. The van der Waals surface area contributed by atoms with E-state index in [4.69, 9.17) is 0 Å². The van der Waals surface area contributed by atoms with Gasteiger partial charge in [0.2, 0.25) is 0 Å². The van der Waals surface area contributed by atoms with E-state index in [-0.39, 0.29) is 5.91 Å². The molecule has 3 rings (SSSR count). The van der Waals surface area contributed by atoms with Crippen LogP contribution < -0.4 is 10.6 Å². The summed E-state index contributed by atoms with van der Waals surface area (Å²) in [6, 6.07) is 3.85. The van der Waals surface area contributed by atoms with E-state index in [0.717, 1.165) is 23.5 Å². The number of hydrogen-bond acceptors (Lipinski definition) is 6. The summed E-state index contributed by atoms with van der Waals surface area (Å²) >= 11 is 2.85. The van der Waals surface area contributed by atoms with Gasteiger partial charge < -0.3 is 10.6 Å². The molecule has 0 bridgehead atoms. The van der Waals surface area contributed by atoms with Crippen LogP contribution in [-0.4, -0.2) is 16.9 Å². The van der Waals surface area contributed by atoms with Crippen molar-refractivity contribution in [3.8, 4) is 6.07 Å². The van der Waals surface area contributed by atoms with E-state index < -0.39 is 6.04 Å². The lowest BCUT2D eigenvalue weighted by molar-refractivity contribution is 0.0948. The average Bonchev–Trinajstić information content (AvgIpc) is 2.98. The first kappa shape index (κ1) is 14.0. The molecule has 1 aliphatic rings.